The molecule has 0 unspecified atom stereocenters. The summed E-state index contributed by atoms with van der Waals surface area (Å²) in [4.78, 5) is 26.7. The van der Waals surface area contributed by atoms with E-state index in [0.29, 0.717) is 49.1 Å². The third-order valence-corrected chi connectivity index (χ3v) is 4.47. The summed E-state index contributed by atoms with van der Waals surface area (Å²) in [6.07, 6.45) is 0.417. The van der Waals surface area contributed by atoms with Crippen molar-refractivity contribution < 1.29 is 23.5 Å². The van der Waals surface area contributed by atoms with E-state index in [9.17, 15) is 14.0 Å². The smallest absolute Gasteiger partial charge is 0.239 e. The molecule has 1 N–H and O–H groups in total. The Labute approximate surface area is 149 Å². The van der Waals surface area contributed by atoms with E-state index in [-0.39, 0.29) is 17.6 Å². The zero-order valence-electron chi connectivity index (χ0n) is 13.9. The summed E-state index contributed by atoms with van der Waals surface area (Å²) >= 11 is 0. The van der Waals surface area contributed by atoms with Gasteiger partial charge in [-0.25, -0.2) is 4.39 Å². The second kappa shape index (κ2) is 6.67. The van der Waals surface area contributed by atoms with Gasteiger partial charge >= 0.3 is 0 Å². The van der Waals surface area contributed by atoms with Gasteiger partial charge in [0.2, 0.25) is 11.8 Å². The lowest BCUT2D eigenvalue weighted by Gasteiger charge is -2.22. The predicted molar refractivity (Wildman–Crippen MR) is 92.9 cm³/mol. The summed E-state index contributed by atoms with van der Waals surface area (Å²) in [5, 5.41) is 2.67. The number of anilines is 2. The summed E-state index contributed by atoms with van der Waals surface area (Å²) in [7, 11) is 0. The van der Waals surface area contributed by atoms with Gasteiger partial charge in [-0.1, -0.05) is 0 Å². The van der Waals surface area contributed by atoms with Crippen molar-refractivity contribution in [2.24, 2.45) is 5.92 Å². The maximum atomic E-state index is 13.0. The van der Waals surface area contributed by atoms with Gasteiger partial charge < -0.3 is 19.7 Å². The molecule has 2 amide bonds. The summed E-state index contributed by atoms with van der Waals surface area (Å²) < 4.78 is 24.0. The maximum absolute atomic E-state index is 13.0. The lowest BCUT2D eigenvalue weighted by atomic mass is 10.1. The molecule has 2 aromatic carbocycles. The van der Waals surface area contributed by atoms with E-state index >= 15 is 0 Å². The highest BCUT2D eigenvalue weighted by Gasteiger charge is 2.38. The molecule has 7 heteroatoms. The normalized spacial score (nSPS) is 18.7. The van der Waals surface area contributed by atoms with Crippen LogP contribution in [0.3, 0.4) is 0 Å². The average molecular weight is 356 g/mol. The van der Waals surface area contributed by atoms with Crippen LogP contribution in [0.25, 0.3) is 0 Å². The van der Waals surface area contributed by atoms with Gasteiger partial charge in [-0.05, 0) is 42.8 Å². The van der Waals surface area contributed by atoms with Crippen molar-refractivity contribution >= 4 is 23.2 Å². The third-order valence-electron chi connectivity index (χ3n) is 4.47. The van der Waals surface area contributed by atoms with E-state index in [4.69, 9.17) is 9.47 Å². The molecule has 2 heterocycles. The SMILES string of the molecule is O=C(Nc1ccc(F)cc1)[C@H]1CCN(c2ccc3c(c2)OCCO3)C1=O. The fourth-order valence-electron chi connectivity index (χ4n) is 3.14. The van der Waals surface area contributed by atoms with Crippen LogP contribution >= 0.6 is 0 Å². The molecule has 134 valence electrons. The zero-order chi connectivity index (χ0) is 18.1. The molecule has 2 aromatic rings. The summed E-state index contributed by atoms with van der Waals surface area (Å²) in [5.41, 5.74) is 1.14. The Morgan fingerprint density at radius 1 is 1.08 bits per heavy atom. The first kappa shape index (κ1) is 16.4. The molecular formula is C19H17FN2O4. The molecule has 4 rings (SSSR count). The molecule has 1 atom stereocenters. The quantitative estimate of drug-likeness (QED) is 0.859. The number of amides is 2. The number of halogens is 1. The molecule has 1 saturated heterocycles. The molecule has 0 spiro atoms. The van der Waals surface area contributed by atoms with Crippen molar-refractivity contribution in [3.63, 3.8) is 0 Å². The Morgan fingerprint density at radius 3 is 2.58 bits per heavy atom. The van der Waals surface area contributed by atoms with Gasteiger partial charge in [0.05, 0.1) is 0 Å². The third kappa shape index (κ3) is 3.08. The molecule has 0 aromatic heterocycles. The van der Waals surface area contributed by atoms with Gasteiger partial charge in [0.15, 0.2) is 11.5 Å². The number of benzene rings is 2. The van der Waals surface area contributed by atoms with Gasteiger partial charge in [-0.3, -0.25) is 9.59 Å². The standard InChI is InChI=1S/C19H17FN2O4/c20-12-1-3-13(4-2-12)21-18(23)15-7-8-22(19(15)24)14-5-6-16-17(11-14)26-10-9-25-16/h1-6,11,15H,7-10H2,(H,21,23)/t15-/m1/s1. The summed E-state index contributed by atoms with van der Waals surface area (Å²) in [6, 6.07) is 10.7. The number of nitrogens with zero attached hydrogens (tertiary/aromatic N) is 1. The van der Waals surface area contributed by atoms with Gasteiger partial charge in [0.1, 0.15) is 24.9 Å². The maximum Gasteiger partial charge on any atom is 0.239 e. The molecule has 1 fully saturated rings. The minimum absolute atomic E-state index is 0.263. The van der Waals surface area contributed by atoms with E-state index < -0.39 is 5.92 Å². The number of hydrogen-bond donors (Lipinski definition) is 1. The minimum Gasteiger partial charge on any atom is -0.486 e. The van der Waals surface area contributed by atoms with Crippen LogP contribution in [0.1, 0.15) is 6.42 Å². The number of rotatable bonds is 3. The van der Waals surface area contributed by atoms with Crippen LogP contribution in [0, 0.1) is 11.7 Å². The number of nitrogens with one attached hydrogen (secondary N) is 1. The van der Waals surface area contributed by atoms with Gasteiger partial charge in [0, 0.05) is 24.0 Å². The number of carbonyl (C=O) groups excluding carboxylic acids is 2. The van der Waals surface area contributed by atoms with Crippen molar-refractivity contribution in [1.82, 2.24) is 0 Å². The van der Waals surface area contributed by atoms with Gasteiger partial charge in [0.25, 0.3) is 0 Å². The van der Waals surface area contributed by atoms with E-state index in [0.717, 1.165) is 0 Å². The second-order valence-corrected chi connectivity index (χ2v) is 6.16. The Hall–Kier alpha value is -3.09. The monoisotopic (exact) mass is 356 g/mol. The number of ether oxygens (including phenoxy) is 2. The Balaban J connectivity index is 1.47. The van der Waals surface area contributed by atoms with Crippen LogP contribution in [0.2, 0.25) is 0 Å². The van der Waals surface area contributed by atoms with Crippen LogP contribution < -0.4 is 19.7 Å². The summed E-state index contributed by atoms with van der Waals surface area (Å²) in [5.74, 6) is -0.557. The van der Waals surface area contributed by atoms with Crippen molar-refractivity contribution in [2.45, 2.75) is 6.42 Å². The highest BCUT2D eigenvalue weighted by Crippen LogP contribution is 2.36. The first-order valence-electron chi connectivity index (χ1n) is 8.39. The number of fused-ring (bicyclic) bond motifs is 1. The first-order valence-corrected chi connectivity index (χ1v) is 8.39. The van der Waals surface area contributed by atoms with E-state index in [1.54, 1.807) is 23.1 Å². The predicted octanol–water partition coefficient (Wildman–Crippen LogP) is 2.59. The molecule has 0 radical (unpaired) electrons. The first-order chi connectivity index (χ1) is 12.6. The lowest BCUT2D eigenvalue weighted by Crippen LogP contribution is -2.33. The molecular weight excluding hydrogens is 339 g/mol. The fraction of sp³-hybridized carbons (Fsp3) is 0.263. The molecule has 0 bridgehead atoms. The average Bonchev–Trinajstić information content (AvgIpc) is 3.05. The largest absolute Gasteiger partial charge is 0.486 e. The van der Waals surface area contributed by atoms with Crippen LogP contribution in [-0.4, -0.2) is 31.6 Å². The highest BCUT2D eigenvalue weighted by molar-refractivity contribution is 6.13. The van der Waals surface area contributed by atoms with Crippen LogP contribution in [0.5, 0.6) is 11.5 Å². The van der Waals surface area contributed by atoms with Crippen LogP contribution in [0.15, 0.2) is 42.5 Å². The number of hydrogen-bond acceptors (Lipinski definition) is 4. The lowest BCUT2D eigenvalue weighted by molar-refractivity contribution is -0.129. The van der Waals surface area contributed by atoms with Gasteiger partial charge in [-0.15, -0.1) is 0 Å². The zero-order valence-corrected chi connectivity index (χ0v) is 13.9. The van der Waals surface area contributed by atoms with E-state index in [1.807, 2.05) is 0 Å². The van der Waals surface area contributed by atoms with Crippen molar-refractivity contribution in [2.75, 3.05) is 30.0 Å². The molecule has 2 aliphatic rings. The number of carbonyl (C=O) groups is 2. The highest BCUT2D eigenvalue weighted by atomic mass is 19.1. The van der Waals surface area contributed by atoms with E-state index in [2.05, 4.69) is 5.32 Å². The fourth-order valence-corrected chi connectivity index (χ4v) is 3.14. The minimum atomic E-state index is -0.770. The van der Waals surface area contributed by atoms with E-state index in [1.165, 1.54) is 24.3 Å². The van der Waals surface area contributed by atoms with Crippen LogP contribution in [0.4, 0.5) is 15.8 Å². The molecule has 26 heavy (non-hydrogen) atoms. The Kier molecular flexibility index (Phi) is 4.20. The Morgan fingerprint density at radius 2 is 1.81 bits per heavy atom. The van der Waals surface area contributed by atoms with Crippen molar-refractivity contribution in [3.05, 3.63) is 48.3 Å². The molecule has 6 nitrogen and oxygen atoms in total. The topological polar surface area (TPSA) is 67.9 Å². The summed E-state index contributed by atoms with van der Waals surface area (Å²) in [6.45, 7) is 1.41. The van der Waals surface area contributed by atoms with Crippen LogP contribution in [-0.2, 0) is 9.59 Å². The van der Waals surface area contributed by atoms with Gasteiger partial charge in [-0.2, -0.15) is 0 Å². The molecule has 2 aliphatic heterocycles. The molecule has 0 saturated carbocycles. The van der Waals surface area contributed by atoms with Crippen molar-refractivity contribution in [1.29, 1.82) is 0 Å². The Bertz CT molecular complexity index is 853. The van der Waals surface area contributed by atoms with Crippen molar-refractivity contribution in [3.8, 4) is 11.5 Å². The molecule has 0 aliphatic carbocycles. The second-order valence-electron chi connectivity index (χ2n) is 6.16.